The quantitative estimate of drug-likeness (QED) is 0.781. The molecule has 1 saturated heterocycles. The van der Waals surface area contributed by atoms with E-state index in [1.54, 1.807) is 12.4 Å². The van der Waals surface area contributed by atoms with Gasteiger partial charge in [-0.1, -0.05) is 0 Å². The van der Waals surface area contributed by atoms with E-state index in [4.69, 9.17) is 0 Å². The Morgan fingerprint density at radius 3 is 3.36 bits per heavy atom. The zero-order valence-corrected chi connectivity index (χ0v) is 8.64. The summed E-state index contributed by atoms with van der Waals surface area (Å²) in [6.45, 7) is 0.854. The van der Waals surface area contributed by atoms with Gasteiger partial charge in [-0.05, 0) is 23.8 Å². The number of rotatable bonds is 3. The van der Waals surface area contributed by atoms with Crippen molar-refractivity contribution in [3.8, 4) is 0 Å². The molecule has 76 valence electrons. The van der Waals surface area contributed by atoms with Crippen molar-refractivity contribution in [2.45, 2.75) is 6.42 Å². The molecule has 2 heterocycles. The molecule has 1 fully saturated rings. The average Bonchev–Trinajstić information content (AvgIpc) is 2.69. The molecule has 1 atom stereocenters. The highest BCUT2D eigenvalue weighted by Crippen LogP contribution is 2.22. The Labute approximate surface area is 86.5 Å². The van der Waals surface area contributed by atoms with Crippen LogP contribution in [-0.4, -0.2) is 28.0 Å². The van der Waals surface area contributed by atoms with Crippen LogP contribution in [0.2, 0.25) is 0 Å². The molecule has 1 aromatic heterocycles. The number of nitrogens with one attached hydrogen (secondary N) is 2. The van der Waals surface area contributed by atoms with Crippen LogP contribution in [0.15, 0.2) is 17.2 Å². The first-order valence-corrected chi connectivity index (χ1v) is 5.87. The van der Waals surface area contributed by atoms with Gasteiger partial charge in [0.1, 0.15) is 0 Å². The molecule has 4 nitrogen and oxygen atoms in total. The fraction of sp³-hybridized carbons (Fsp3) is 0.556. The van der Waals surface area contributed by atoms with E-state index < -0.39 is 0 Å². The second-order valence-corrected chi connectivity index (χ2v) is 4.53. The first-order chi connectivity index (χ1) is 6.86. The third-order valence-corrected chi connectivity index (χ3v) is 3.52. The molecule has 0 spiro atoms. The van der Waals surface area contributed by atoms with E-state index in [0.717, 1.165) is 6.54 Å². The van der Waals surface area contributed by atoms with Crippen LogP contribution >= 0.6 is 11.8 Å². The first kappa shape index (κ1) is 9.58. The third kappa shape index (κ3) is 2.29. The summed E-state index contributed by atoms with van der Waals surface area (Å²) in [5, 5.41) is 3.09. The molecule has 0 saturated carbocycles. The van der Waals surface area contributed by atoms with Gasteiger partial charge in [0.15, 0.2) is 5.82 Å². The van der Waals surface area contributed by atoms with Crippen molar-refractivity contribution in [2.24, 2.45) is 5.92 Å². The molecule has 0 bridgehead atoms. The molecule has 2 rings (SSSR count). The van der Waals surface area contributed by atoms with Gasteiger partial charge in [0, 0.05) is 18.9 Å². The fourth-order valence-corrected chi connectivity index (χ4v) is 2.75. The molecule has 0 amide bonds. The summed E-state index contributed by atoms with van der Waals surface area (Å²) in [4.78, 5) is 17.8. The van der Waals surface area contributed by atoms with Gasteiger partial charge >= 0.3 is 0 Å². The third-order valence-electron chi connectivity index (χ3n) is 2.29. The number of aromatic nitrogens is 2. The van der Waals surface area contributed by atoms with E-state index in [1.165, 1.54) is 17.9 Å². The van der Waals surface area contributed by atoms with Crippen LogP contribution in [0.5, 0.6) is 0 Å². The Bertz CT molecular complexity index is 346. The van der Waals surface area contributed by atoms with E-state index in [-0.39, 0.29) is 5.56 Å². The van der Waals surface area contributed by atoms with Crippen molar-refractivity contribution in [1.29, 1.82) is 0 Å². The summed E-state index contributed by atoms with van der Waals surface area (Å²) in [5.74, 6) is 3.55. The predicted molar refractivity (Wildman–Crippen MR) is 58.8 cm³/mol. The van der Waals surface area contributed by atoms with Crippen molar-refractivity contribution < 1.29 is 0 Å². The van der Waals surface area contributed by atoms with Gasteiger partial charge in [-0.2, -0.15) is 11.8 Å². The number of hydrogen-bond donors (Lipinski definition) is 2. The smallest absolute Gasteiger partial charge is 0.290 e. The van der Waals surface area contributed by atoms with Gasteiger partial charge in [0.05, 0.1) is 0 Å². The standard InChI is InChI=1S/C9H13N3OS/c13-9-8(10-2-3-11-9)12-5-7-1-4-14-6-7/h2-3,7H,1,4-6H2,(H,10,12)(H,11,13). The highest BCUT2D eigenvalue weighted by molar-refractivity contribution is 7.99. The normalized spacial score (nSPS) is 21.0. The van der Waals surface area contributed by atoms with Gasteiger partial charge in [-0.3, -0.25) is 4.79 Å². The zero-order valence-electron chi connectivity index (χ0n) is 7.82. The van der Waals surface area contributed by atoms with Crippen LogP contribution in [0.1, 0.15) is 6.42 Å². The maximum absolute atomic E-state index is 11.2. The molecule has 1 unspecified atom stereocenters. The van der Waals surface area contributed by atoms with Crippen molar-refractivity contribution >= 4 is 17.6 Å². The fourth-order valence-electron chi connectivity index (χ4n) is 1.46. The van der Waals surface area contributed by atoms with E-state index in [9.17, 15) is 4.79 Å². The molecule has 0 aromatic carbocycles. The lowest BCUT2D eigenvalue weighted by Gasteiger charge is -2.08. The van der Waals surface area contributed by atoms with Crippen LogP contribution in [0, 0.1) is 5.92 Å². The summed E-state index contributed by atoms with van der Waals surface area (Å²) in [6.07, 6.45) is 4.37. The van der Waals surface area contributed by atoms with Crippen molar-refractivity contribution in [2.75, 3.05) is 23.4 Å². The van der Waals surface area contributed by atoms with Gasteiger partial charge in [-0.15, -0.1) is 0 Å². The SMILES string of the molecule is O=c1[nH]ccnc1NCC1CCSC1. The minimum Gasteiger partial charge on any atom is -0.365 e. The Morgan fingerprint density at radius 1 is 1.71 bits per heavy atom. The van der Waals surface area contributed by atoms with Gasteiger partial charge in [0.25, 0.3) is 5.56 Å². The zero-order chi connectivity index (χ0) is 9.80. The maximum atomic E-state index is 11.2. The largest absolute Gasteiger partial charge is 0.365 e. The highest BCUT2D eigenvalue weighted by Gasteiger charge is 2.15. The summed E-state index contributed by atoms with van der Waals surface area (Å²) in [7, 11) is 0. The number of hydrogen-bond acceptors (Lipinski definition) is 4. The lowest BCUT2D eigenvalue weighted by atomic mass is 10.1. The molecular formula is C9H13N3OS. The Morgan fingerprint density at radius 2 is 2.64 bits per heavy atom. The van der Waals surface area contributed by atoms with E-state index in [2.05, 4.69) is 15.3 Å². The molecule has 0 radical (unpaired) electrons. The summed E-state index contributed by atoms with van der Waals surface area (Å²) in [5.41, 5.74) is -0.141. The lowest BCUT2D eigenvalue weighted by molar-refractivity contribution is 0.630. The van der Waals surface area contributed by atoms with Crippen LogP contribution in [-0.2, 0) is 0 Å². The molecule has 1 aliphatic rings. The second kappa shape index (κ2) is 4.50. The molecule has 5 heteroatoms. The average molecular weight is 211 g/mol. The minimum atomic E-state index is -0.141. The van der Waals surface area contributed by atoms with Crippen molar-refractivity contribution in [1.82, 2.24) is 9.97 Å². The molecule has 0 aliphatic carbocycles. The monoisotopic (exact) mass is 211 g/mol. The number of anilines is 1. The molecular weight excluding hydrogens is 198 g/mol. The molecule has 1 aromatic rings. The number of aromatic amines is 1. The second-order valence-electron chi connectivity index (χ2n) is 3.38. The van der Waals surface area contributed by atoms with Crippen LogP contribution in [0.4, 0.5) is 5.82 Å². The summed E-state index contributed by atoms with van der Waals surface area (Å²) >= 11 is 1.98. The maximum Gasteiger partial charge on any atom is 0.290 e. The van der Waals surface area contributed by atoms with Crippen LogP contribution in [0.25, 0.3) is 0 Å². The Balaban J connectivity index is 1.91. The van der Waals surface area contributed by atoms with E-state index in [0.29, 0.717) is 11.7 Å². The highest BCUT2D eigenvalue weighted by atomic mass is 32.2. The summed E-state index contributed by atoms with van der Waals surface area (Å²) < 4.78 is 0. The predicted octanol–water partition coefficient (Wildman–Crippen LogP) is 0.935. The number of thioether (sulfide) groups is 1. The molecule has 14 heavy (non-hydrogen) atoms. The van der Waals surface area contributed by atoms with Gasteiger partial charge < -0.3 is 10.3 Å². The van der Waals surface area contributed by atoms with Gasteiger partial charge in [0.2, 0.25) is 0 Å². The number of nitrogens with zero attached hydrogens (tertiary/aromatic N) is 1. The summed E-state index contributed by atoms with van der Waals surface area (Å²) in [6, 6.07) is 0. The minimum absolute atomic E-state index is 0.141. The lowest BCUT2D eigenvalue weighted by Crippen LogP contribution is -2.20. The van der Waals surface area contributed by atoms with Crippen LogP contribution < -0.4 is 10.9 Å². The van der Waals surface area contributed by atoms with Gasteiger partial charge in [-0.25, -0.2) is 4.98 Å². The van der Waals surface area contributed by atoms with Crippen molar-refractivity contribution in [3.05, 3.63) is 22.7 Å². The Kier molecular flexibility index (Phi) is 3.08. The first-order valence-electron chi connectivity index (χ1n) is 4.71. The van der Waals surface area contributed by atoms with E-state index >= 15 is 0 Å². The van der Waals surface area contributed by atoms with Crippen LogP contribution in [0.3, 0.4) is 0 Å². The topological polar surface area (TPSA) is 57.8 Å². The van der Waals surface area contributed by atoms with E-state index in [1.807, 2.05) is 11.8 Å². The van der Waals surface area contributed by atoms with Crippen molar-refractivity contribution in [3.63, 3.8) is 0 Å². The Hall–Kier alpha value is -0.970. The number of H-pyrrole nitrogens is 1. The molecule has 2 N–H and O–H groups in total. The molecule has 1 aliphatic heterocycles.